The number of benzene rings is 2. The van der Waals surface area contributed by atoms with Crippen molar-refractivity contribution in [1.82, 2.24) is 49.4 Å². The summed E-state index contributed by atoms with van der Waals surface area (Å²) in [5, 5.41) is 12.4. The second-order valence-electron chi connectivity index (χ2n) is 23.8. The number of nitrogens with one attached hydrogen (secondary N) is 3. The second-order valence-corrected chi connectivity index (χ2v) is 28.2. The predicted molar refractivity (Wildman–Crippen MR) is 317 cm³/mol. The van der Waals surface area contributed by atoms with E-state index >= 15 is 0 Å². The van der Waals surface area contributed by atoms with Crippen molar-refractivity contribution in [2.75, 3.05) is 136 Å². The highest BCUT2D eigenvalue weighted by Crippen LogP contribution is 2.39. The normalized spacial score (nSPS) is 21.1. The highest BCUT2D eigenvalue weighted by molar-refractivity contribution is 7.92. The molecule has 6 fully saturated rings. The largest absolute Gasteiger partial charge is 0.444 e. The number of halogens is 2. The quantitative estimate of drug-likeness (QED) is 0.173. The number of fused-ring (bicyclic) bond motifs is 2. The van der Waals surface area contributed by atoms with Crippen molar-refractivity contribution in [2.45, 2.75) is 59.3 Å². The third kappa shape index (κ3) is 17.4. The fourth-order valence-electron chi connectivity index (χ4n) is 10.9. The highest BCUT2D eigenvalue weighted by Gasteiger charge is 2.45. The Morgan fingerprint density at radius 2 is 1.00 bits per heavy atom. The van der Waals surface area contributed by atoms with Crippen LogP contribution in [0.3, 0.4) is 0 Å². The van der Waals surface area contributed by atoms with Gasteiger partial charge in [0, 0.05) is 165 Å². The molecule has 0 spiro atoms. The van der Waals surface area contributed by atoms with E-state index in [1.807, 2.05) is 64.6 Å². The van der Waals surface area contributed by atoms with Crippen molar-refractivity contribution in [2.24, 2.45) is 23.7 Å². The van der Waals surface area contributed by atoms with Gasteiger partial charge in [0.15, 0.2) is 11.6 Å². The average Bonchev–Trinajstić information content (AvgIpc) is 4.47. The van der Waals surface area contributed by atoms with Gasteiger partial charge in [0.25, 0.3) is 0 Å². The topological polar surface area (TPSA) is 266 Å². The van der Waals surface area contributed by atoms with Gasteiger partial charge < -0.3 is 44.2 Å². The maximum absolute atomic E-state index is 12.9. The van der Waals surface area contributed by atoms with E-state index in [-0.39, 0.29) is 35.9 Å². The summed E-state index contributed by atoms with van der Waals surface area (Å²) in [6.45, 7) is 23.5. The smallest absolute Gasteiger partial charge is 0.410 e. The number of piperazine rings is 2. The van der Waals surface area contributed by atoms with Crippen molar-refractivity contribution in [3.63, 3.8) is 0 Å². The zero-order valence-corrected chi connectivity index (χ0v) is 51.3. The Kier molecular flexibility index (Phi) is 19.5. The van der Waals surface area contributed by atoms with Gasteiger partial charge in [-0.05, 0) is 71.4 Å². The first-order chi connectivity index (χ1) is 39.0. The van der Waals surface area contributed by atoms with Gasteiger partial charge in [-0.2, -0.15) is 9.36 Å². The molecule has 0 radical (unpaired) electrons. The van der Waals surface area contributed by atoms with Crippen molar-refractivity contribution in [1.29, 1.82) is 0 Å². The van der Waals surface area contributed by atoms with Crippen LogP contribution in [0, 0.1) is 23.7 Å². The number of ether oxygens (including phenoxy) is 2. The fraction of sp³-hybridized carbons (Fsp3) is 0.574. The van der Waals surface area contributed by atoms with Gasteiger partial charge in [0.2, 0.25) is 20.0 Å². The van der Waals surface area contributed by atoms with Gasteiger partial charge in [-0.1, -0.05) is 35.3 Å². The first-order valence-electron chi connectivity index (χ1n) is 27.5. The molecule has 0 aliphatic carbocycles. The van der Waals surface area contributed by atoms with Crippen LogP contribution in [0.2, 0.25) is 10.0 Å². The number of likely N-dealkylation sites (tertiary alicyclic amines) is 2. The number of nitrogens with zero attached hydrogens (tertiary/aromatic N) is 11. The fourth-order valence-corrected chi connectivity index (χ4v) is 12.4. The van der Waals surface area contributed by atoms with Crippen molar-refractivity contribution < 1.29 is 50.3 Å². The first-order valence-corrected chi connectivity index (χ1v) is 32.1. The Bertz CT molecular complexity index is 3200. The van der Waals surface area contributed by atoms with Crippen LogP contribution in [0.25, 0.3) is 0 Å². The summed E-state index contributed by atoms with van der Waals surface area (Å²) in [6.07, 6.45) is 5.33. The maximum atomic E-state index is 12.9. The molecule has 83 heavy (non-hydrogen) atoms. The molecule has 25 nitrogen and oxygen atoms in total. The molecule has 454 valence electrons. The Morgan fingerprint density at radius 1 is 0.590 bits per heavy atom. The van der Waals surface area contributed by atoms with Crippen LogP contribution in [-0.2, 0) is 36.1 Å². The molecule has 0 bridgehead atoms. The van der Waals surface area contributed by atoms with Gasteiger partial charge >= 0.3 is 24.2 Å². The Labute approximate surface area is 495 Å². The molecule has 2 aromatic heterocycles. The van der Waals surface area contributed by atoms with Crippen LogP contribution in [-0.4, -0.2) is 220 Å². The van der Waals surface area contributed by atoms with Gasteiger partial charge in [0.05, 0.1) is 33.9 Å². The third-order valence-electron chi connectivity index (χ3n) is 14.7. The molecule has 6 aliphatic rings. The summed E-state index contributed by atoms with van der Waals surface area (Å²) in [5.41, 5.74) is 2.74. The lowest BCUT2D eigenvalue weighted by atomic mass is 10.0. The van der Waals surface area contributed by atoms with E-state index in [0.29, 0.717) is 99.7 Å². The van der Waals surface area contributed by atoms with Crippen LogP contribution in [0.15, 0.2) is 60.9 Å². The summed E-state index contributed by atoms with van der Waals surface area (Å²) < 4.78 is 62.7. The van der Waals surface area contributed by atoms with Crippen LogP contribution >= 0.6 is 23.2 Å². The van der Waals surface area contributed by atoms with Crippen LogP contribution in [0.4, 0.5) is 42.2 Å². The minimum absolute atomic E-state index is 0.111. The van der Waals surface area contributed by atoms with E-state index in [0.717, 1.165) is 95.9 Å². The van der Waals surface area contributed by atoms with Gasteiger partial charge in [0.1, 0.15) is 17.5 Å². The molecule has 3 N–H and O–H groups in total. The summed E-state index contributed by atoms with van der Waals surface area (Å²) in [6, 6.07) is 13.8. The monoisotopic (exact) mass is 1230 g/mol. The minimum atomic E-state index is -3.47. The second kappa shape index (κ2) is 25.8. The predicted octanol–water partition coefficient (Wildman–Crippen LogP) is 5.58. The molecular formula is C54H76Cl2N14O11S2. The number of rotatable bonds is 9. The average molecular weight is 1230 g/mol. The van der Waals surface area contributed by atoms with Gasteiger partial charge in [-0.15, -0.1) is 10.2 Å². The number of aldehydes is 1. The molecular weight excluding hydrogens is 1160 g/mol. The van der Waals surface area contributed by atoms with E-state index in [1.54, 1.807) is 26.8 Å². The maximum Gasteiger partial charge on any atom is 0.410 e. The first kappa shape index (κ1) is 62.7. The molecule has 8 heterocycles. The van der Waals surface area contributed by atoms with E-state index < -0.39 is 31.2 Å². The summed E-state index contributed by atoms with van der Waals surface area (Å²) in [4.78, 5) is 74.4. The van der Waals surface area contributed by atoms with Crippen molar-refractivity contribution >= 4 is 96.8 Å². The summed E-state index contributed by atoms with van der Waals surface area (Å²) >= 11 is 12.9. The van der Waals surface area contributed by atoms with Gasteiger partial charge in [-0.3, -0.25) is 19.1 Å². The molecule has 29 heteroatoms. The SMILES string of the molecule is CC(C)(C)OC(=O)N1CC2CN(c3cc(C=O)ccc3Cl)CC2C1.CC(C)(C)OC(=O)N1CC2CN(c3cc(CN4CCN(C(=O)n5ccc(NS(C)(=O)=O)n5)CC4)ccc3Cl)CC2C1.CS(=O)(=O)Nc1ccn(C(=O)N2CCNCC2)n1. The Morgan fingerprint density at radius 3 is 1.41 bits per heavy atom. The van der Waals surface area contributed by atoms with Crippen LogP contribution in [0.1, 0.15) is 57.5 Å². The van der Waals surface area contributed by atoms with Crippen LogP contribution < -0.4 is 24.6 Å². The summed E-state index contributed by atoms with van der Waals surface area (Å²) in [7, 11) is -6.84. The number of sulfonamides is 2. The lowest BCUT2D eigenvalue weighted by Gasteiger charge is -2.34. The van der Waals surface area contributed by atoms with Crippen molar-refractivity contribution in [3.05, 3.63) is 82.1 Å². The van der Waals surface area contributed by atoms with E-state index in [4.69, 9.17) is 32.7 Å². The number of carbonyl (C=O) groups excluding carboxylic acids is 5. The third-order valence-corrected chi connectivity index (χ3v) is 16.5. The molecule has 0 saturated carbocycles. The highest BCUT2D eigenvalue weighted by atomic mass is 35.5. The lowest BCUT2D eigenvalue weighted by molar-refractivity contribution is 0.0272. The molecule has 10 rings (SSSR count). The molecule has 4 unspecified atom stereocenters. The van der Waals surface area contributed by atoms with E-state index in [2.05, 4.69) is 45.7 Å². The number of carbonyl (C=O) groups is 5. The van der Waals surface area contributed by atoms with Crippen LogP contribution in [0.5, 0.6) is 0 Å². The minimum Gasteiger partial charge on any atom is -0.444 e. The standard InChI is InChI=1S/C27H38ClN7O5S.C18H23ClN2O3.C9H15N5O3S/c1-27(2,3)40-26(37)34-17-20-15-33(16-21(20)18-34)23-13-19(5-6-22(23)28)14-31-9-11-32(12-10-31)25(36)35-8-7-24(29-35)30-41(4,38)39;1-18(2,3)24-17(23)21-9-13-7-20(8-14(13)10-21)16-6-12(11-22)4-5-15(16)19;1-18(16,17)12-8-2-5-14(11-8)9(15)13-6-3-10-4-7-13/h5-8,13,20-21H,9-12,14-18H2,1-4H3,(H,29,30);4-6,11,13-14H,7-10H2,1-3H3;2,5,10H,3-4,6-7H2,1H3,(H,11,12). The molecule has 6 saturated heterocycles. The zero-order chi connectivity index (χ0) is 60.2. The van der Waals surface area contributed by atoms with E-state index in [9.17, 15) is 40.8 Å². The molecule has 4 aromatic rings. The molecule has 2 aromatic carbocycles. The Balaban J connectivity index is 0.000000180. The lowest BCUT2D eigenvalue weighted by Crippen LogP contribution is -2.49. The molecule has 6 aliphatic heterocycles. The number of amides is 4. The van der Waals surface area contributed by atoms with Crippen molar-refractivity contribution in [3.8, 4) is 0 Å². The molecule has 4 atom stereocenters. The Hall–Kier alpha value is -6.39. The van der Waals surface area contributed by atoms with Gasteiger partial charge in [-0.25, -0.2) is 36.0 Å². The zero-order valence-electron chi connectivity index (χ0n) is 48.2. The number of aromatic nitrogens is 4. The summed E-state index contributed by atoms with van der Waals surface area (Å²) in [5.74, 6) is 1.85. The molecule has 4 amide bonds. The number of hydrogen-bond donors (Lipinski definition) is 3. The number of hydrogen-bond acceptors (Lipinski definition) is 17. The van der Waals surface area contributed by atoms with E-state index in [1.165, 1.54) is 24.5 Å². The number of anilines is 4.